The van der Waals surface area contributed by atoms with Crippen LogP contribution in [-0.2, 0) is 0 Å². The van der Waals surface area contributed by atoms with Gasteiger partial charge in [0, 0.05) is 0 Å². The first-order valence-electron chi connectivity index (χ1n) is 6.24. The van der Waals surface area contributed by atoms with Gasteiger partial charge >= 0.3 is 5.69 Å². The molecule has 0 saturated heterocycles. The molecule has 0 atom stereocenters. The van der Waals surface area contributed by atoms with E-state index in [9.17, 15) is 9.59 Å². The van der Waals surface area contributed by atoms with Gasteiger partial charge in [-0.2, -0.15) is 0 Å². The van der Waals surface area contributed by atoms with Gasteiger partial charge in [0.15, 0.2) is 0 Å². The minimum absolute atomic E-state index is 0.351. The van der Waals surface area contributed by atoms with E-state index in [0.717, 1.165) is 10.8 Å². The van der Waals surface area contributed by atoms with Crippen molar-refractivity contribution in [2.24, 2.45) is 0 Å². The molecule has 0 saturated carbocycles. The van der Waals surface area contributed by atoms with Gasteiger partial charge in [-0.05, 0) is 34.4 Å². The summed E-state index contributed by atoms with van der Waals surface area (Å²) in [4.78, 5) is 28.0. The van der Waals surface area contributed by atoms with Crippen molar-refractivity contribution in [3.05, 3.63) is 56.7 Å². The number of H-pyrrole nitrogens is 2. The molecule has 2 N–H and O–H groups in total. The summed E-state index contributed by atoms with van der Waals surface area (Å²) >= 11 is 0. The van der Waals surface area contributed by atoms with Crippen molar-refractivity contribution in [1.82, 2.24) is 9.97 Å². The van der Waals surface area contributed by atoms with Crippen LogP contribution in [0.3, 0.4) is 0 Å². The van der Waals surface area contributed by atoms with Gasteiger partial charge in [0.25, 0.3) is 5.56 Å². The van der Waals surface area contributed by atoms with Gasteiger partial charge in [0.1, 0.15) is 0 Å². The Kier molecular flexibility index (Phi) is 2.52. The van der Waals surface area contributed by atoms with Gasteiger partial charge in [0.2, 0.25) is 0 Å². The molecule has 4 heteroatoms. The van der Waals surface area contributed by atoms with E-state index in [4.69, 9.17) is 0 Å². The molecule has 0 fully saturated rings. The second-order valence-corrected chi connectivity index (χ2v) is 5.07. The van der Waals surface area contributed by atoms with E-state index in [1.54, 1.807) is 0 Å². The summed E-state index contributed by atoms with van der Waals surface area (Å²) < 4.78 is 0. The molecule has 0 aliphatic rings. The Balaban J connectivity index is 2.42. The number of aromatic amines is 2. The van der Waals surface area contributed by atoms with Crippen molar-refractivity contribution in [3.63, 3.8) is 0 Å². The standard InChI is InChI=1S/C15H14N2O2/c1-8(2)9-3-4-10-7-13-12(6-11(10)5-9)14(18)17-15(19)16-13/h3-8H,1-2H3,(H2,16,17,18,19). The summed E-state index contributed by atoms with van der Waals surface area (Å²) in [6.07, 6.45) is 0. The lowest BCUT2D eigenvalue weighted by molar-refractivity contribution is 0.869. The van der Waals surface area contributed by atoms with Gasteiger partial charge in [0.05, 0.1) is 10.9 Å². The van der Waals surface area contributed by atoms with Gasteiger partial charge < -0.3 is 4.98 Å². The molecule has 3 rings (SSSR count). The molecule has 96 valence electrons. The lowest BCUT2D eigenvalue weighted by Crippen LogP contribution is -2.21. The SMILES string of the molecule is CC(C)c1ccc2cc3[nH]c(=O)[nH]c(=O)c3cc2c1. The number of rotatable bonds is 1. The lowest BCUT2D eigenvalue weighted by Gasteiger charge is -2.07. The molecule has 0 unspecified atom stereocenters. The zero-order valence-electron chi connectivity index (χ0n) is 10.8. The third kappa shape index (κ3) is 1.95. The molecule has 0 aliphatic carbocycles. The molecule has 2 aromatic carbocycles. The monoisotopic (exact) mass is 254 g/mol. The molecule has 1 heterocycles. The van der Waals surface area contributed by atoms with Crippen molar-refractivity contribution in [3.8, 4) is 0 Å². The Morgan fingerprint density at radius 1 is 0.947 bits per heavy atom. The van der Waals surface area contributed by atoms with Crippen molar-refractivity contribution in [2.45, 2.75) is 19.8 Å². The van der Waals surface area contributed by atoms with Gasteiger partial charge in [-0.15, -0.1) is 0 Å². The van der Waals surface area contributed by atoms with E-state index in [1.807, 2.05) is 18.2 Å². The summed E-state index contributed by atoms with van der Waals surface area (Å²) in [5.41, 5.74) is 0.970. The number of hydrogen-bond acceptors (Lipinski definition) is 2. The number of fused-ring (bicyclic) bond motifs is 2. The van der Waals surface area contributed by atoms with Gasteiger partial charge in [-0.25, -0.2) is 4.79 Å². The number of nitrogens with one attached hydrogen (secondary N) is 2. The summed E-state index contributed by atoms with van der Waals surface area (Å²) in [5.74, 6) is 0.439. The topological polar surface area (TPSA) is 65.7 Å². The van der Waals surface area contributed by atoms with Crippen LogP contribution in [0.2, 0.25) is 0 Å². The molecular formula is C15H14N2O2. The minimum atomic E-state index is -0.476. The molecule has 3 aromatic rings. The molecule has 0 bridgehead atoms. The molecule has 4 nitrogen and oxygen atoms in total. The molecule has 0 radical (unpaired) electrons. The van der Waals surface area contributed by atoms with Crippen LogP contribution in [-0.4, -0.2) is 9.97 Å². The van der Waals surface area contributed by atoms with E-state index in [-0.39, 0.29) is 5.56 Å². The van der Waals surface area contributed by atoms with E-state index in [2.05, 4.69) is 35.9 Å². The Bertz CT molecular complexity index is 888. The molecule has 0 spiro atoms. The first kappa shape index (κ1) is 11.7. The Morgan fingerprint density at radius 3 is 2.47 bits per heavy atom. The second-order valence-electron chi connectivity index (χ2n) is 5.07. The number of hydrogen-bond donors (Lipinski definition) is 2. The molecule has 0 amide bonds. The summed E-state index contributed by atoms with van der Waals surface area (Å²) in [5, 5.41) is 2.53. The molecule has 19 heavy (non-hydrogen) atoms. The third-order valence-electron chi connectivity index (χ3n) is 3.39. The summed E-state index contributed by atoms with van der Waals surface area (Å²) in [7, 11) is 0. The predicted octanol–water partition coefficient (Wildman–Crippen LogP) is 2.49. The fourth-order valence-corrected chi connectivity index (χ4v) is 2.29. The highest BCUT2D eigenvalue weighted by molar-refractivity contribution is 5.96. The summed E-state index contributed by atoms with van der Waals surface area (Å²) in [6, 6.07) is 9.84. The smallest absolute Gasteiger partial charge is 0.307 e. The second kappa shape index (κ2) is 4.09. The normalized spacial score (nSPS) is 11.5. The van der Waals surface area contributed by atoms with Crippen LogP contribution in [0.1, 0.15) is 25.3 Å². The zero-order valence-corrected chi connectivity index (χ0v) is 10.8. The van der Waals surface area contributed by atoms with Crippen LogP contribution < -0.4 is 11.2 Å². The number of aromatic nitrogens is 2. The van der Waals surface area contributed by atoms with Crippen LogP contribution in [0.15, 0.2) is 39.9 Å². The average molecular weight is 254 g/mol. The maximum Gasteiger partial charge on any atom is 0.326 e. The highest BCUT2D eigenvalue weighted by Gasteiger charge is 2.05. The Morgan fingerprint density at radius 2 is 1.74 bits per heavy atom. The molecule has 0 aliphatic heterocycles. The molecule has 1 aromatic heterocycles. The maximum atomic E-state index is 11.8. The van der Waals surface area contributed by atoms with E-state index >= 15 is 0 Å². The minimum Gasteiger partial charge on any atom is -0.307 e. The highest BCUT2D eigenvalue weighted by atomic mass is 16.2. The van der Waals surface area contributed by atoms with Crippen molar-refractivity contribution < 1.29 is 0 Å². The van der Waals surface area contributed by atoms with Crippen LogP contribution in [0.5, 0.6) is 0 Å². The van der Waals surface area contributed by atoms with Gasteiger partial charge in [-0.1, -0.05) is 32.0 Å². The average Bonchev–Trinajstić information content (AvgIpc) is 2.36. The molecular weight excluding hydrogens is 240 g/mol. The van der Waals surface area contributed by atoms with Crippen LogP contribution in [0.4, 0.5) is 0 Å². The van der Waals surface area contributed by atoms with Crippen molar-refractivity contribution >= 4 is 21.7 Å². The van der Waals surface area contributed by atoms with Crippen molar-refractivity contribution in [2.75, 3.05) is 0 Å². The fraction of sp³-hybridized carbons (Fsp3) is 0.200. The lowest BCUT2D eigenvalue weighted by atomic mass is 9.98. The quantitative estimate of drug-likeness (QED) is 0.655. The van der Waals surface area contributed by atoms with E-state index < -0.39 is 5.69 Å². The van der Waals surface area contributed by atoms with Gasteiger partial charge in [-0.3, -0.25) is 9.78 Å². The number of benzene rings is 2. The summed E-state index contributed by atoms with van der Waals surface area (Å²) in [6.45, 7) is 4.26. The fourth-order valence-electron chi connectivity index (χ4n) is 2.29. The maximum absolute atomic E-state index is 11.8. The first-order valence-corrected chi connectivity index (χ1v) is 6.24. The Hall–Kier alpha value is -2.36. The van der Waals surface area contributed by atoms with E-state index in [0.29, 0.717) is 16.8 Å². The predicted molar refractivity (Wildman–Crippen MR) is 76.8 cm³/mol. The van der Waals surface area contributed by atoms with Crippen LogP contribution >= 0.6 is 0 Å². The third-order valence-corrected chi connectivity index (χ3v) is 3.39. The highest BCUT2D eigenvalue weighted by Crippen LogP contribution is 2.23. The zero-order chi connectivity index (χ0) is 13.6. The van der Waals surface area contributed by atoms with Crippen LogP contribution in [0, 0.1) is 0 Å². The first-order chi connectivity index (χ1) is 9.04. The van der Waals surface area contributed by atoms with E-state index in [1.165, 1.54) is 5.56 Å². The van der Waals surface area contributed by atoms with Crippen molar-refractivity contribution in [1.29, 1.82) is 0 Å². The largest absolute Gasteiger partial charge is 0.326 e. The van der Waals surface area contributed by atoms with Crippen LogP contribution in [0.25, 0.3) is 21.7 Å². The Labute approximate surface area is 109 Å².